The van der Waals surface area contributed by atoms with Crippen LogP contribution in [0.2, 0.25) is 0 Å². The fourth-order valence-electron chi connectivity index (χ4n) is 1.60. The van der Waals surface area contributed by atoms with E-state index in [0.717, 1.165) is 16.7 Å². The van der Waals surface area contributed by atoms with Crippen molar-refractivity contribution in [1.29, 1.82) is 0 Å². The highest BCUT2D eigenvalue weighted by Crippen LogP contribution is 2.30. The third-order valence-corrected chi connectivity index (χ3v) is 2.60. The molecule has 100 valence electrons. The number of benzene rings is 1. The molecule has 0 amide bonds. The van der Waals surface area contributed by atoms with Gasteiger partial charge < -0.3 is 9.67 Å². The van der Waals surface area contributed by atoms with E-state index in [1.807, 2.05) is 0 Å². The predicted molar refractivity (Wildman–Crippen MR) is 58.9 cm³/mol. The van der Waals surface area contributed by atoms with Gasteiger partial charge in [0.15, 0.2) is 11.6 Å². The molecular weight excluding hydrogens is 262 g/mol. The molecule has 0 radical (unpaired) electrons. The van der Waals surface area contributed by atoms with Crippen molar-refractivity contribution in [1.82, 2.24) is 14.8 Å². The molecule has 0 saturated carbocycles. The van der Waals surface area contributed by atoms with Crippen molar-refractivity contribution in [3.63, 3.8) is 0 Å². The summed E-state index contributed by atoms with van der Waals surface area (Å²) in [5, 5.41) is 26.6. The first-order valence-electron chi connectivity index (χ1n) is 5.09. The third kappa shape index (κ3) is 2.03. The Morgan fingerprint density at radius 2 is 2.11 bits per heavy atom. The average molecular weight is 270 g/mol. The summed E-state index contributed by atoms with van der Waals surface area (Å²) in [5.74, 6) is -2.48. The van der Waals surface area contributed by atoms with Crippen molar-refractivity contribution in [2.75, 3.05) is 0 Å². The maximum absolute atomic E-state index is 13.9. The van der Waals surface area contributed by atoms with Gasteiger partial charge in [-0.05, 0) is 6.07 Å². The fourth-order valence-corrected chi connectivity index (χ4v) is 1.60. The van der Waals surface area contributed by atoms with Crippen molar-refractivity contribution in [3.8, 4) is 11.4 Å². The molecule has 19 heavy (non-hydrogen) atoms. The lowest BCUT2D eigenvalue weighted by Crippen LogP contribution is -2.03. The maximum atomic E-state index is 13.9. The molecular formula is C10H8F2N4O3. The van der Waals surface area contributed by atoms with Gasteiger partial charge >= 0.3 is 5.69 Å². The van der Waals surface area contributed by atoms with Crippen LogP contribution < -0.4 is 0 Å². The first kappa shape index (κ1) is 13.0. The molecule has 2 aromatic rings. The van der Waals surface area contributed by atoms with Crippen LogP contribution in [0, 0.1) is 21.7 Å². The van der Waals surface area contributed by atoms with Gasteiger partial charge in [-0.1, -0.05) is 0 Å². The molecule has 0 spiro atoms. The van der Waals surface area contributed by atoms with E-state index in [1.54, 1.807) is 0 Å². The Balaban J connectivity index is 2.70. The van der Waals surface area contributed by atoms with Gasteiger partial charge in [-0.25, -0.2) is 4.39 Å². The van der Waals surface area contributed by atoms with E-state index < -0.39 is 34.4 Å². The summed E-state index contributed by atoms with van der Waals surface area (Å²) in [4.78, 5) is 9.67. The molecule has 9 heteroatoms. The molecule has 0 aliphatic heterocycles. The zero-order chi connectivity index (χ0) is 14.2. The highest BCUT2D eigenvalue weighted by Gasteiger charge is 2.26. The monoisotopic (exact) mass is 270 g/mol. The summed E-state index contributed by atoms with van der Waals surface area (Å²) >= 11 is 0. The van der Waals surface area contributed by atoms with Gasteiger partial charge in [-0.3, -0.25) is 10.1 Å². The zero-order valence-electron chi connectivity index (χ0n) is 9.67. The Morgan fingerprint density at radius 3 is 2.63 bits per heavy atom. The van der Waals surface area contributed by atoms with Crippen LogP contribution in [-0.4, -0.2) is 24.8 Å². The topological polar surface area (TPSA) is 94.1 Å². The van der Waals surface area contributed by atoms with Crippen LogP contribution in [-0.2, 0) is 13.7 Å². The summed E-state index contributed by atoms with van der Waals surface area (Å²) in [6.07, 6.45) is 0. The fraction of sp³-hybridized carbons (Fsp3) is 0.200. The van der Waals surface area contributed by atoms with E-state index in [0.29, 0.717) is 0 Å². The molecule has 0 aliphatic carbocycles. The summed E-state index contributed by atoms with van der Waals surface area (Å²) in [6.45, 7) is -0.471. The Kier molecular flexibility index (Phi) is 3.21. The number of nitro benzene ring substituents is 1. The van der Waals surface area contributed by atoms with E-state index in [4.69, 9.17) is 5.11 Å². The van der Waals surface area contributed by atoms with Crippen molar-refractivity contribution < 1.29 is 18.8 Å². The van der Waals surface area contributed by atoms with Crippen LogP contribution in [0.25, 0.3) is 11.4 Å². The molecule has 0 atom stereocenters. The van der Waals surface area contributed by atoms with Crippen molar-refractivity contribution in [3.05, 3.63) is 39.7 Å². The molecule has 0 fully saturated rings. The number of aromatic nitrogens is 3. The normalized spacial score (nSPS) is 10.7. The number of aliphatic hydroxyl groups excluding tert-OH is 1. The van der Waals surface area contributed by atoms with Crippen LogP contribution in [0.4, 0.5) is 14.5 Å². The van der Waals surface area contributed by atoms with E-state index in [9.17, 15) is 18.9 Å². The molecule has 0 saturated heterocycles. The van der Waals surface area contributed by atoms with Gasteiger partial charge in [0.1, 0.15) is 12.4 Å². The van der Waals surface area contributed by atoms with Crippen molar-refractivity contribution in [2.45, 2.75) is 6.61 Å². The van der Waals surface area contributed by atoms with Crippen LogP contribution in [0.3, 0.4) is 0 Å². The lowest BCUT2D eigenvalue weighted by atomic mass is 10.1. The molecule has 2 rings (SSSR count). The minimum absolute atomic E-state index is 0.0836. The second-order valence-corrected chi connectivity index (χ2v) is 3.67. The maximum Gasteiger partial charge on any atom is 0.305 e. The second kappa shape index (κ2) is 4.69. The first-order valence-corrected chi connectivity index (χ1v) is 5.09. The molecule has 1 aromatic carbocycles. The minimum Gasteiger partial charge on any atom is -0.388 e. The molecule has 1 heterocycles. The summed E-state index contributed by atoms with van der Waals surface area (Å²) in [5.41, 5.74) is -1.51. The number of hydrogen-bond donors (Lipinski definition) is 1. The van der Waals surface area contributed by atoms with Gasteiger partial charge in [0.05, 0.1) is 10.5 Å². The van der Waals surface area contributed by atoms with E-state index in [1.165, 1.54) is 7.05 Å². The predicted octanol–water partition coefficient (Wildman–Crippen LogP) is 1.16. The number of halogens is 2. The third-order valence-electron chi connectivity index (χ3n) is 2.60. The zero-order valence-corrected chi connectivity index (χ0v) is 9.67. The standard InChI is InChI=1S/C10H8F2N4O3/c1-15-7(4-17)13-14-10(15)8-5(11)2-3-6(9(8)12)16(18)19/h2-3,17H,4H2,1H3. The number of hydrogen-bond acceptors (Lipinski definition) is 5. The van der Waals surface area contributed by atoms with E-state index in [-0.39, 0.29) is 11.6 Å². The van der Waals surface area contributed by atoms with Gasteiger partial charge in [0.25, 0.3) is 0 Å². The van der Waals surface area contributed by atoms with Gasteiger partial charge in [0, 0.05) is 13.1 Å². The number of nitrogens with zero attached hydrogens (tertiary/aromatic N) is 4. The summed E-state index contributed by atoms with van der Waals surface area (Å²) < 4.78 is 28.8. The van der Waals surface area contributed by atoms with E-state index >= 15 is 0 Å². The SMILES string of the molecule is Cn1c(CO)nnc1-c1c(F)ccc([N+](=O)[O-])c1F. The van der Waals surface area contributed by atoms with Crippen molar-refractivity contribution in [2.24, 2.45) is 7.05 Å². The molecule has 0 unspecified atom stereocenters. The van der Waals surface area contributed by atoms with Crippen LogP contribution >= 0.6 is 0 Å². The van der Waals surface area contributed by atoms with Crippen LogP contribution in [0.5, 0.6) is 0 Å². The molecule has 0 bridgehead atoms. The Labute approximate surface area is 105 Å². The van der Waals surface area contributed by atoms with Crippen molar-refractivity contribution >= 4 is 5.69 Å². The van der Waals surface area contributed by atoms with Crippen LogP contribution in [0.15, 0.2) is 12.1 Å². The number of aliphatic hydroxyl groups is 1. The highest BCUT2D eigenvalue weighted by molar-refractivity contribution is 5.61. The van der Waals surface area contributed by atoms with Crippen LogP contribution in [0.1, 0.15) is 5.82 Å². The molecule has 1 N–H and O–H groups in total. The van der Waals surface area contributed by atoms with E-state index in [2.05, 4.69) is 10.2 Å². The largest absolute Gasteiger partial charge is 0.388 e. The quantitative estimate of drug-likeness (QED) is 0.667. The minimum atomic E-state index is -1.33. The highest BCUT2D eigenvalue weighted by atomic mass is 19.1. The summed E-state index contributed by atoms with van der Waals surface area (Å²) in [6, 6.07) is 1.52. The lowest BCUT2D eigenvalue weighted by molar-refractivity contribution is -0.387. The smallest absolute Gasteiger partial charge is 0.305 e. The number of nitro groups is 1. The molecule has 0 aliphatic rings. The average Bonchev–Trinajstić information content (AvgIpc) is 2.70. The summed E-state index contributed by atoms with van der Waals surface area (Å²) in [7, 11) is 1.39. The van der Waals surface area contributed by atoms with Gasteiger partial charge in [0.2, 0.25) is 5.82 Å². The molecule has 7 nitrogen and oxygen atoms in total. The second-order valence-electron chi connectivity index (χ2n) is 3.67. The van der Waals surface area contributed by atoms with Gasteiger partial charge in [-0.15, -0.1) is 10.2 Å². The number of rotatable bonds is 3. The Bertz CT molecular complexity index is 656. The Hall–Kier alpha value is -2.42. The van der Waals surface area contributed by atoms with Gasteiger partial charge in [-0.2, -0.15) is 4.39 Å². The lowest BCUT2D eigenvalue weighted by Gasteiger charge is -2.05. The first-order chi connectivity index (χ1) is 8.97. The Morgan fingerprint density at radius 1 is 1.42 bits per heavy atom. The molecule has 1 aromatic heterocycles.